The monoisotopic (exact) mass is 435 g/mol. The highest BCUT2D eigenvalue weighted by molar-refractivity contribution is 14.0. The van der Waals surface area contributed by atoms with Crippen LogP contribution in [-0.4, -0.2) is 19.0 Å². The molecule has 0 aliphatic heterocycles. The van der Waals surface area contributed by atoms with Crippen molar-refractivity contribution >= 4 is 29.9 Å². The summed E-state index contributed by atoms with van der Waals surface area (Å²) in [7, 11) is 0. The molecule has 2 aromatic carbocycles. The molecule has 1 saturated carbocycles. The summed E-state index contributed by atoms with van der Waals surface area (Å²) in [6, 6.07) is 21.2. The number of rotatable bonds is 6. The molecule has 2 atom stereocenters. The molecule has 0 aromatic heterocycles. The van der Waals surface area contributed by atoms with Crippen molar-refractivity contribution in [2.45, 2.75) is 25.8 Å². The molecule has 0 heterocycles. The lowest BCUT2D eigenvalue weighted by molar-refractivity contribution is 0.720. The maximum atomic E-state index is 4.68. The number of nitrogens with zero attached hydrogens (tertiary/aromatic N) is 1. The molecule has 1 aliphatic rings. The quantitative estimate of drug-likeness (QED) is 0.406. The molecule has 0 bridgehead atoms. The lowest BCUT2D eigenvalue weighted by Gasteiger charge is -2.11. The number of nitrogens with one attached hydrogen (secondary N) is 2. The van der Waals surface area contributed by atoms with Crippen molar-refractivity contribution in [1.82, 2.24) is 10.6 Å². The van der Waals surface area contributed by atoms with Crippen LogP contribution in [0.2, 0.25) is 0 Å². The molecule has 1 aliphatic carbocycles. The largest absolute Gasteiger partial charge is 0.357 e. The number of halogens is 1. The molecule has 3 rings (SSSR count). The van der Waals surface area contributed by atoms with Crippen molar-refractivity contribution in [3.8, 4) is 0 Å². The molecular weight excluding hydrogens is 409 g/mol. The van der Waals surface area contributed by atoms with E-state index in [2.05, 4.69) is 77.1 Å². The maximum Gasteiger partial charge on any atom is 0.191 e. The van der Waals surface area contributed by atoms with Crippen LogP contribution in [0.5, 0.6) is 0 Å². The Morgan fingerprint density at radius 2 is 1.67 bits per heavy atom. The van der Waals surface area contributed by atoms with E-state index in [0.29, 0.717) is 12.5 Å². The minimum absolute atomic E-state index is 0. The molecule has 2 N–H and O–H groups in total. The number of hydrogen-bond donors (Lipinski definition) is 2. The Morgan fingerprint density at radius 1 is 1.00 bits per heavy atom. The van der Waals surface area contributed by atoms with Crippen molar-refractivity contribution in [3.63, 3.8) is 0 Å². The molecule has 24 heavy (non-hydrogen) atoms. The van der Waals surface area contributed by atoms with Gasteiger partial charge in [-0.05, 0) is 36.3 Å². The van der Waals surface area contributed by atoms with Gasteiger partial charge in [0.25, 0.3) is 0 Å². The fourth-order valence-electron chi connectivity index (χ4n) is 2.90. The predicted octanol–water partition coefficient (Wildman–Crippen LogP) is 4.16. The molecule has 4 heteroatoms. The summed E-state index contributed by atoms with van der Waals surface area (Å²) in [6.45, 7) is 4.68. The second kappa shape index (κ2) is 9.67. The van der Waals surface area contributed by atoms with Crippen LogP contribution in [0.4, 0.5) is 0 Å². The van der Waals surface area contributed by atoms with Gasteiger partial charge in [-0.15, -0.1) is 24.0 Å². The Morgan fingerprint density at radius 3 is 2.33 bits per heavy atom. The molecule has 128 valence electrons. The number of benzene rings is 2. The van der Waals surface area contributed by atoms with Gasteiger partial charge in [-0.25, -0.2) is 4.99 Å². The molecule has 0 spiro atoms. The third kappa shape index (κ3) is 5.51. The van der Waals surface area contributed by atoms with Gasteiger partial charge in [0.1, 0.15) is 0 Å². The van der Waals surface area contributed by atoms with Crippen LogP contribution in [-0.2, 0) is 6.54 Å². The van der Waals surface area contributed by atoms with Gasteiger partial charge in [-0.2, -0.15) is 0 Å². The summed E-state index contributed by atoms with van der Waals surface area (Å²) in [5, 5.41) is 6.82. The zero-order chi connectivity index (χ0) is 15.9. The van der Waals surface area contributed by atoms with Crippen LogP contribution in [0.1, 0.15) is 30.4 Å². The van der Waals surface area contributed by atoms with Crippen molar-refractivity contribution in [1.29, 1.82) is 0 Å². The minimum Gasteiger partial charge on any atom is -0.357 e. The summed E-state index contributed by atoms with van der Waals surface area (Å²) in [4.78, 5) is 4.68. The average Bonchev–Trinajstić information content (AvgIpc) is 3.39. The first-order chi connectivity index (χ1) is 11.4. The first kappa shape index (κ1) is 18.8. The van der Waals surface area contributed by atoms with Gasteiger partial charge < -0.3 is 10.6 Å². The zero-order valence-corrected chi connectivity index (χ0v) is 16.4. The average molecular weight is 435 g/mol. The summed E-state index contributed by atoms with van der Waals surface area (Å²) < 4.78 is 0. The molecule has 2 aromatic rings. The van der Waals surface area contributed by atoms with E-state index in [9.17, 15) is 0 Å². The summed E-state index contributed by atoms with van der Waals surface area (Å²) in [5.74, 6) is 2.34. The summed E-state index contributed by atoms with van der Waals surface area (Å²) in [5.41, 5.74) is 2.70. The third-order valence-electron chi connectivity index (χ3n) is 4.29. The maximum absolute atomic E-state index is 4.68. The van der Waals surface area contributed by atoms with Crippen LogP contribution < -0.4 is 10.6 Å². The lowest BCUT2D eigenvalue weighted by Crippen LogP contribution is -2.38. The second-order valence-corrected chi connectivity index (χ2v) is 6.07. The molecule has 0 amide bonds. The van der Waals surface area contributed by atoms with E-state index >= 15 is 0 Å². The van der Waals surface area contributed by atoms with Gasteiger partial charge in [-0.1, -0.05) is 60.7 Å². The fraction of sp³-hybridized carbons (Fsp3) is 0.350. The van der Waals surface area contributed by atoms with E-state index in [1.807, 2.05) is 6.07 Å². The van der Waals surface area contributed by atoms with E-state index in [4.69, 9.17) is 0 Å². The van der Waals surface area contributed by atoms with Gasteiger partial charge in [0.05, 0.1) is 6.54 Å². The fourth-order valence-corrected chi connectivity index (χ4v) is 2.90. The topological polar surface area (TPSA) is 36.4 Å². The third-order valence-corrected chi connectivity index (χ3v) is 4.29. The molecule has 3 nitrogen and oxygen atoms in total. The van der Waals surface area contributed by atoms with Crippen LogP contribution in [0, 0.1) is 5.92 Å². The number of guanidine groups is 1. The van der Waals surface area contributed by atoms with E-state index in [-0.39, 0.29) is 24.0 Å². The van der Waals surface area contributed by atoms with Crippen LogP contribution in [0.15, 0.2) is 65.7 Å². The van der Waals surface area contributed by atoms with Crippen molar-refractivity contribution in [2.24, 2.45) is 10.9 Å². The Kier molecular flexibility index (Phi) is 7.56. The molecule has 0 saturated heterocycles. The van der Waals surface area contributed by atoms with Crippen molar-refractivity contribution < 1.29 is 0 Å². The molecule has 1 fully saturated rings. The van der Waals surface area contributed by atoms with Gasteiger partial charge in [0.15, 0.2) is 5.96 Å². The first-order valence-corrected chi connectivity index (χ1v) is 8.48. The van der Waals surface area contributed by atoms with Gasteiger partial charge in [0.2, 0.25) is 0 Å². The Hall–Kier alpha value is -1.56. The number of hydrogen-bond acceptors (Lipinski definition) is 1. The first-order valence-electron chi connectivity index (χ1n) is 8.48. The zero-order valence-electron chi connectivity index (χ0n) is 14.1. The highest BCUT2D eigenvalue weighted by Crippen LogP contribution is 2.46. The molecule has 2 unspecified atom stereocenters. The summed E-state index contributed by atoms with van der Waals surface area (Å²) >= 11 is 0. The van der Waals surface area contributed by atoms with Crippen molar-refractivity contribution in [2.75, 3.05) is 13.1 Å². The Balaban J connectivity index is 0.00000208. The van der Waals surface area contributed by atoms with Crippen molar-refractivity contribution in [3.05, 3.63) is 71.8 Å². The Bertz CT molecular complexity index is 628. The Labute approximate surface area is 162 Å². The van der Waals surface area contributed by atoms with E-state index in [0.717, 1.165) is 25.0 Å². The lowest BCUT2D eigenvalue weighted by atomic mass is 10.1. The van der Waals surface area contributed by atoms with E-state index in [1.165, 1.54) is 17.5 Å². The van der Waals surface area contributed by atoms with Crippen LogP contribution >= 0.6 is 24.0 Å². The van der Waals surface area contributed by atoms with Gasteiger partial charge in [-0.3, -0.25) is 0 Å². The smallest absolute Gasteiger partial charge is 0.191 e. The normalized spacial score (nSPS) is 19.3. The SMILES string of the molecule is CCNC(=NCc1ccccc1)NCC1CC1c1ccccc1.I. The van der Waals surface area contributed by atoms with Gasteiger partial charge >= 0.3 is 0 Å². The van der Waals surface area contributed by atoms with E-state index in [1.54, 1.807) is 0 Å². The van der Waals surface area contributed by atoms with Crippen LogP contribution in [0.3, 0.4) is 0 Å². The highest BCUT2D eigenvalue weighted by Gasteiger charge is 2.37. The predicted molar refractivity (Wildman–Crippen MR) is 112 cm³/mol. The standard InChI is InChI=1S/C20H25N3.HI/c1-2-21-20(22-14-16-9-5-3-6-10-16)23-15-18-13-19(18)17-11-7-4-8-12-17;/h3-12,18-19H,2,13-15H2,1H3,(H2,21,22,23);1H. The van der Waals surface area contributed by atoms with E-state index < -0.39 is 0 Å². The number of aliphatic imine (C=N–C) groups is 1. The molecule has 0 radical (unpaired) electrons. The summed E-state index contributed by atoms with van der Waals surface area (Å²) in [6.07, 6.45) is 1.27. The highest BCUT2D eigenvalue weighted by atomic mass is 127. The van der Waals surface area contributed by atoms with Crippen LogP contribution in [0.25, 0.3) is 0 Å². The molecular formula is C20H26IN3. The van der Waals surface area contributed by atoms with Gasteiger partial charge in [0, 0.05) is 13.1 Å². The second-order valence-electron chi connectivity index (χ2n) is 6.07. The minimum atomic E-state index is 0.